The van der Waals surface area contributed by atoms with E-state index in [1.54, 1.807) is 16.8 Å². The maximum Gasteiger partial charge on any atom is 0.324 e. The zero-order chi connectivity index (χ0) is 44.1. The predicted octanol–water partition coefficient (Wildman–Crippen LogP) is 7.37. The number of aromatic nitrogens is 4. The molecule has 14 heteroatoms. The third kappa shape index (κ3) is 6.80. The van der Waals surface area contributed by atoms with E-state index in [1.807, 2.05) is 144 Å². The molecule has 0 saturated carbocycles. The van der Waals surface area contributed by atoms with E-state index in [1.165, 1.54) is 11.3 Å². The van der Waals surface area contributed by atoms with Crippen LogP contribution in [0.1, 0.15) is 46.0 Å². The first-order chi connectivity index (χ1) is 31.9. The number of nitrogens with zero attached hydrogens (tertiary/aromatic N) is 5. The van der Waals surface area contributed by atoms with Crippen LogP contribution < -0.4 is 15.4 Å². The number of rotatable bonds is 9. The number of hydrogen-bond acceptors (Lipinski definition) is 11. The lowest BCUT2D eigenvalue weighted by Gasteiger charge is -2.46. The van der Waals surface area contributed by atoms with Gasteiger partial charge in [0, 0.05) is 11.3 Å². The minimum absolute atomic E-state index is 0.0313. The van der Waals surface area contributed by atoms with Crippen LogP contribution in [0.5, 0.6) is 5.75 Å². The Hall–Kier alpha value is -7.70. The Morgan fingerprint density at radius 3 is 2.37 bits per heavy atom. The van der Waals surface area contributed by atoms with Crippen molar-refractivity contribution in [1.82, 2.24) is 24.9 Å². The highest BCUT2D eigenvalue weighted by molar-refractivity contribution is 7.22. The SMILES string of the molecule is O=C1O[C@@H](c2ccccc2)[C@@H](c2ccccc2)N2[C@@H](c3cccc(OCCO)c3)[C@]3(C(=O)Nc4ccc(C#CCn5nnc6ccccc65)cc43)[C@@H](C(=O)Nc3nc4ccccc4s3)[C@H]12. The molecule has 2 aromatic heterocycles. The van der Waals surface area contributed by atoms with Crippen molar-refractivity contribution in [2.45, 2.75) is 36.2 Å². The number of hydrogen-bond donors (Lipinski definition) is 3. The van der Waals surface area contributed by atoms with Crippen LogP contribution in [0.25, 0.3) is 21.3 Å². The number of benzene rings is 6. The van der Waals surface area contributed by atoms with E-state index in [0.29, 0.717) is 38.8 Å². The monoisotopic (exact) mass is 877 g/mol. The molecule has 2 fully saturated rings. The summed E-state index contributed by atoms with van der Waals surface area (Å²) in [5, 5.41) is 24.9. The Morgan fingerprint density at radius 2 is 1.57 bits per heavy atom. The highest BCUT2D eigenvalue weighted by Crippen LogP contribution is 2.65. The van der Waals surface area contributed by atoms with Gasteiger partial charge in [-0.2, -0.15) is 0 Å². The van der Waals surface area contributed by atoms with Crippen molar-refractivity contribution >= 4 is 61.2 Å². The Morgan fingerprint density at radius 1 is 0.831 bits per heavy atom. The van der Waals surface area contributed by atoms with Gasteiger partial charge in [0.25, 0.3) is 0 Å². The quantitative estimate of drug-likeness (QED) is 0.0987. The summed E-state index contributed by atoms with van der Waals surface area (Å²) in [7, 11) is 0. The van der Waals surface area contributed by atoms with E-state index in [2.05, 4.69) is 32.8 Å². The zero-order valence-corrected chi connectivity index (χ0v) is 35.4. The number of morpholine rings is 1. The summed E-state index contributed by atoms with van der Waals surface area (Å²) < 4.78 is 15.1. The molecule has 320 valence electrons. The second-order valence-corrected chi connectivity index (χ2v) is 17.2. The minimum Gasteiger partial charge on any atom is -0.491 e. The molecule has 6 aromatic carbocycles. The second-order valence-electron chi connectivity index (χ2n) is 16.1. The first kappa shape index (κ1) is 40.1. The highest BCUT2D eigenvalue weighted by Gasteiger charge is 2.74. The number of nitrogens with one attached hydrogen (secondary N) is 2. The van der Waals surface area contributed by atoms with Crippen LogP contribution in [0.3, 0.4) is 0 Å². The predicted molar refractivity (Wildman–Crippen MR) is 245 cm³/mol. The molecule has 0 radical (unpaired) electrons. The maximum atomic E-state index is 15.7. The molecule has 11 rings (SSSR count). The lowest BCUT2D eigenvalue weighted by molar-refractivity contribution is -0.177. The molecule has 2 saturated heterocycles. The van der Waals surface area contributed by atoms with Crippen LogP contribution in [-0.2, 0) is 31.1 Å². The molecule has 2 amide bonds. The third-order valence-electron chi connectivity index (χ3n) is 12.5. The average molecular weight is 878 g/mol. The fourth-order valence-corrected chi connectivity index (χ4v) is 10.8. The topological polar surface area (TPSA) is 161 Å². The largest absolute Gasteiger partial charge is 0.491 e. The van der Waals surface area contributed by atoms with Gasteiger partial charge in [-0.3, -0.25) is 19.3 Å². The van der Waals surface area contributed by atoms with Crippen molar-refractivity contribution in [3.05, 3.63) is 179 Å². The number of aliphatic hydroxyl groups is 1. The van der Waals surface area contributed by atoms with Gasteiger partial charge in [0.15, 0.2) is 5.13 Å². The van der Waals surface area contributed by atoms with E-state index >= 15 is 14.4 Å². The van der Waals surface area contributed by atoms with Gasteiger partial charge in [-0.25, -0.2) is 9.67 Å². The van der Waals surface area contributed by atoms with Crippen molar-refractivity contribution in [2.75, 3.05) is 23.8 Å². The first-order valence-corrected chi connectivity index (χ1v) is 22.0. The molecule has 0 unspecified atom stereocenters. The fourth-order valence-electron chi connectivity index (χ4n) is 9.97. The van der Waals surface area contributed by atoms with Crippen LogP contribution in [0, 0.1) is 17.8 Å². The van der Waals surface area contributed by atoms with Crippen LogP contribution in [0.4, 0.5) is 10.8 Å². The number of para-hydroxylation sites is 2. The number of aliphatic hydroxyl groups excluding tert-OH is 1. The molecule has 13 nitrogen and oxygen atoms in total. The number of anilines is 2. The smallest absolute Gasteiger partial charge is 0.324 e. The molecule has 0 aliphatic carbocycles. The Bertz CT molecular complexity index is 3170. The molecule has 0 bridgehead atoms. The molecule has 3 N–H and O–H groups in total. The van der Waals surface area contributed by atoms with E-state index < -0.39 is 53.3 Å². The van der Waals surface area contributed by atoms with Crippen LogP contribution in [0.2, 0.25) is 0 Å². The van der Waals surface area contributed by atoms with Gasteiger partial charge < -0.3 is 25.2 Å². The van der Waals surface area contributed by atoms with Crippen molar-refractivity contribution in [2.24, 2.45) is 5.92 Å². The number of fused-ring (bicyclic) bond motifs is 5. The average Bonchev–Trinajstić information content (AvgIpc) is 4.10. The van der Waals surface area contributed by atoms with Gasteiger partial charge in [0.2, 0.25) is 11.8 Å². The number of esters is 1. The summed E-state index contributed by atoms with van der Waals surface area (Å²) in [5.74, 6) is 3.90. The summed E-state index contributed by atoms with van der Waals surface area (Å²) in [4.78, 5) is 53.3. The normalized spacial score (nSPS) is 22.2. The summed E-state index contributed by atoms with van der Waals surface area (Å²) >= 11 is 1.30. The molecular formula is C51H39N7O6S. The van der Waals surface area contributed by atoms with Gasteiger partial charge in [-0.15, -0.1) is 5.10 Å². The zero-order valence-electron chi connectivity index (χ0n) is 34.6. The molecule has 3 aliphatic rings. The first-order valence-electron chi connectivity index (χ1n) is 21.2. The number of ether oxygens (including phenoxy) is 2. The molecular weight excluding hydrogens is 839 g/mol. The lowest BCUT2D eigenvalue weighted by atomic mass is 9.65. The van der Waals surface area contributed by atoms with Crippen LogP contribution in [0.15, 0.2) is 152 Å². The Labute approximate surface area is 376 Å². The lowest BCUT2D eigenvalue weighted by Crippen LogP contribution is -2.53. The molecule has 1 spiro atoms. The summed E-state index contributed by atoms with van der Waals surface area (Å²) in [6.07, 6.45) is -0.837. The van der Waals surface area contributed by atoms with Gasteiger partial charge in [-0.1, -0.05) is 125 Å². The number of cyclic esters (lactones) is 1. The Kier molecular flexibility index (Phi) is 10.1. The van der Waals surface area contributed by atoms with Gasteiger partial charge >= 0.3 is 5.97 Å². The van der Waals surface area contributed by atoms with Crippen molar-refractivity contribution in [3.8, 4) is 17.6 Å². The summed E-state index contributed by atoms with van der Waals surface area (Å²) in [5.41, 5.74) is 4.28. The van der Waals surface area contributed by atoms with E-state index in [0.717, 1.165) is 26.9 Å². The number of carbonyl (C=O) groups excluding carboxylic acids is 3. The third-order valence-corrected chi connectivity index (χ3v) is 13.5. The van der Waals surface area contributed by atoms with Gasteiger partial charge in [0.05, 0.1) is 40.3 Å². The van der Waals surface area contributed by atoms with Gasteiger partial charge in [0.1, 0.15) is 42.0 Å². The van der Waals surface area contributed by atoms with Crippen molar-refractivity contribution in [1.29, 1.82) is 0 Å². The van der Waals surface area contributed by atoms with Crippen LogP contribution in [-0.4, -0.2) is 67.0 Å². The van der Waals surface area contributed by atoms with Crippen molar-refractivity contribution < 1.29 is 29.0 Å². The molecule has 65 heavy (non-hydrogen) atoms. The molecule has 8 aromatic rings. The second kappa shape index (κ2) is 16.5. The van der Waals surface area contributed by atoms with Gasteiger partial charge in [-0.05, 0) is 76.9 Å². The van der Waals surface area contributed by atoms with E-state index in [9.17, 15) is 5.11 Å². The number of thiazole rings is 1. The standard InChI is InChI=1S/C51H39N7O6S/c59-27-28-63-35-19-11-18-34(30-35)46-51(36-29-31(24-25-37(36)52-49(51)62)13-12-26-57-40-22-9-7-20-38(40)55-56-57)42(47(60)54-50-53-39-21-8-10-23-41(39)65-50)44-48(61)64-45(33-16-5-2-6-17-33)43(58(44)46)32-14-3-1-4-15-32/h1-11,14-25,29-30,42-46,59H,26-28H2,(H,52,62)(H,53,54,60)/t42-,43-,44-,45+,46+,51-/m1/s1. The number of amides is 2. The maximum absolute atomic E-state index is 15.7. The van der Waals surface area contributed by atoms with E-state index in [4.69, 9.17) is 14.5 Å². The molecule has 5 heterocycles. The molecule has 6 atom stereocenters. The van der Waals surface area contributed by atoms with E-state index in [-0.39, 0.29) is 19.8 Å². The van der Waals surface area contributed by atoms with Crippen molar-refractivity contribution in [3.63, 3.8) is 0 Å². The minimum atomic E-state index is -1.77. The number of carbonyl (C=O) groups is 3. The summed E-state index contributed by atoms with van der Waals surface area (Å²) in [6, 6.07) is 44.3. The fraction of sp³-hybridized carbons (Fsp3) is 0.176. The summed E-state index contributed by atoms with van der Waals surface area (Å²) in [6.45, 7) is 0.0640. The Balaban J connectivity index is 1.14. The van der Waals surface area contributed by atoms with Crippen LogP contribution >= 0.6 is 11.3 Å². The highest BCUT2D eigenvalue weighted by atomic mass is 32.1. The molecule has 3 aliphatic heterocycles.